The zero-order chi connectivity index (χ0) is 20.2. The molecule has 3 aromatic rings. The number of hydrogen-bond acceptors (Lipinski definition) is 6. The van der Waals surface area contributed by atoms with Crippen LogP contribution in [0.15, 0.2) is 34.9 Å². The normalized spacial score (nSPS) is 13.2. The lowest BCUT2D eigenvalue weighted by molar-refractivity contribution is 0.0942. The van der Waals surface area contributed by atoms with Crippen LogP contribution < -0.4 is 10.1 Å². The number of carbonyl (C=O) groups excluding carboxylic acids is 1. The molecule has 152 valence electrons. The number of rotatable bonds is 7. The molecule has 0 aliphatic carbocycles. The molecule has 2 aromatic heterocycles. The zero-order valence-corrected chi connectivity index (χ0v) is 16.6. The van der Waals surface area contributed by atoms with E-state index in [1.165, 1.54) is 5.69 Å². The van der Waals surface area contributed by atoms with Gasteiger partial charge in [-0.05, 0) is 19.1 Å². The van der Waals surface area contributed by atoms with Crippen LogP contribution in [0.4, 0.5) is 0 Å². The van der Waals surface area contributed by atoms with E-state index in [1.54, 1.807) is 6.92 Å². The molecule has 1 aliphatic rings. The summed E-state index contributed by atoms with van der Waals surface area (Å²) in [4.78, 5) is 12.6. The summed E-state index contributed by atoms with van der Waals surface area (Å²) >= 11 is 0. The molecule has 0 spiro atoms. The Kier molecular flexibility index (Phi) is 5.62. The van der Waals surface area contributed by atoms with Crippen molar-refractivity contribution in [3.63, 3.8) is 0 Å². The zero-order valence-electron chi connectivity index (χ0n) is 16.6. The molecular formula is C21H24N4O4. The van der Waals surface area contributed by atoms with Gasteiger partial charge in [-0.1, -0.05) is 23.4 Å². The molecule has 8 heteroatoms. The van der Waals surface area contributed by atoms with Gasteiger partial charge in [0.15, 0.2) is 5.69 Å². The Morgan fingerprint density at radius 1 is 1.31 bits per heavy atom. The predicted octanol–water partition coefficient (Wildman–Crippen LogP) is 2.34. The number of nitrogens with zero attached hydrogens (tertiary/aromatic N) is 3. The second-order valence-corrected chi connectivity index (χ2v) is 6.97. The fourth-order valence-electron chi connectivity index (χ4n) is 3.48. The Balaban J connectivity index is 1.37. The number of ether oxygens (including phenoxy) is 2. The minimum atomic E-state index is -0.283. The molecule has 0 atom stereocenters. The van der Waals surface area contributed by atoms with Crippen molar-refractivity contribution >= 4 is 5.91 Å². The van der Waals surface area contributed by atoms with Gasteiger partial charge in [0, 0.05) is 37.7 Å². The number of amides is 1. The summed E-state index contributed by atoms with van der Waals surface area (Å²) in [7, 11) is 1.95. The Labute approximate surface area is 168 Å². The topological polar surface area (TPSA) is 91.4 Å². The van der Waals surface area contributed by atoms with Crippen LogP contribution in [0.2, 0.25) is 0 Å². The average Bonchev–Trinajstić information content (AvgIpc) is 3.27. The summed E-state index contributed by atoms with van der Waals surface area (Å²) in [5.41, 5.74) is 4.22. The fourth-order valence-corrected chi connectivity index (χ4v) is 3.48. The second kappa shape index (κ2) is 8.48. The van der Waals surface area contributed by atoms with Gasteiger partial charge < -0.3 is 19.3 Å². The number of benzene rings is 1. The van der Waals surface area contributed by atoms with Gasteiger partial charge in [0.1, 0.15) is 18.1 Å². The largest absolute Gasteiger partial charge is 0.489 e. The highest BCUT2D eigenvalue weighted by Crippen LogP contribution is 2.21. The highest BCUT2D eigenvalue weighted by Gasteiger charge is 2.22. The van der Waals surface area contributed by atoms with Crippen molar-refractivity contribution in [1.29, 1.82) is 0 Å². The molecule has 0 saturated carbocycles. The smallest absolute Gasteiger partial charge is 0.273 e. The third kappa shape index (κ3) is 4.17. The molecular weight excluding hydrogens is 372 g/mol. The van der Waals surface area contributed by atoms with Crippen molar-refractivity contribution in [2.45, 2.75) is 33.0 Å². The van der Waals surface area contributed by atoms with Crippen LogP contribution >= 0.6 is 0 Å². The van der Waals surface area contributed by atoms with Crippen molar-refractivity contribution in [3.8, 4) is 5.75 Å². The number of hydrogen-bond donors (Lipinski definition) is 1. The van der Waals surface area contributed by atoms with Crippen molar-refractivity contribution in [1.82, 2.24) is 20.3 Å². The van der Waals surface area contributed by atoms with Crippen molar-refractivity contribution in [3.05, 3.63) is 64.3 Å². The van der Waals surface area contributed by atoms with E-state index in [2.05, 4.69) is 15.6 Å². The van der Waals surface area contributed by atoms with Crippen LogP contribution in [-0.4, -0.2) is 34.0 Å². The molecule has 1 amide bonds. The van der Waals surface area contributed by atoms with Gasteiger partial charge in [-0.3, -0.25) is 9.48 Å². The number of aromatic nitrogens is 3. The van der Waals surface area contributed by atoms with Gasteiger partial charge in [-0.25, -0.2) is 0 Å². The third-order valence-electron chi connectivity index (χ3n) is 5.06. The maximum atomic E-state index is 12.6. The van der Waals surface area contributed by atoms with Gasteiger partial charge in [-0.15, -0.1) is 0 Å². The average molecular weight is 396 g/mol. The molecule has 0 unspecified atom stereocenters. The molecule has 1 N–H and O–H groups in total. The first kappa shape index (κ1) is 19.2. The summed E-state index contributed by atoms with van der Waals surface area (Å²) in [6, 6.07) is 9.43. The van der Waals surface area contributed by atoms with Crippen molar-refractivity contribution in [2.75, 3.05) is 13.2 Å². The molecule has 1 aromatic carbocycles. The van der Waals surface area contributed by atoms with E-state index in [1.807, 2.05) is 42.1 Å². The van der Waals surface area contributed by atoms with Gasteiger partial charge in [-0.2, -0.15) is 5.10 Å². The Bertz CT molecular complexity index is 994. The molecule has 0 bridgehead atoms. The Morgan fingerprint density at radius 3 is 2.97 bits per heavy atom. The van der Waals surface area contributed by atoms with Crippen LogP contribution in [-0.2, 0) is 37.8 Å². The first-order chi connectivity index (χ1) is 14.1. The maximum absolute atomic E-state index is 12.6. The van der Waals surface area contributed by atoms with Crippen LogP contribution in [0.5, 0.6) is 5.75 Å². The van der Waals surface area contributed by atoms with Gasteiger partial charge >= 0.3 is 0 Å². The van der Waals surface area contributed by atoms with E-state index in [0.717, 1.165) is 30.0 Å². The number of carbonyl (C=O) groups is 1. The maximum Gasteiger partial charge on any atom is 0.273 e. The summed E-state index contributed by atoms with van der Waals surface area (Å²) in [6.07, 6.45) is 1.50. The molecule has 0 radical (unpaired) electrons. The van der Waals surface area contributed by atoms with Gasteiger partial charge in [0.05, 0.1) is 24.5 Å². The van der Waals surface area contributed by atoms with Crippen LogP contribution in [0.3, 0.4) is 0 Å². The highest BCUT2D eigenvalue weighted by molar-refractivity contribution is 5.93. The lowest BCUT2D eigenvalue weighted by Gasteiger charge is -2.13. The number of nitrogens with one attached hydrogen (secondary N) is 1. The predicted molar refractivity (Wildman–Crippen MR) is 105 cm³/mol. The van der Waals surface area contributed by atoms with Crippen molar-refractivity contribution < 1.29 is 18.8 Å². The standard InChI is InChI=1S/C21H24N4O4/c1-14-16(13-28-15-6-4-3-5-7-15)20(24-29-14)21(26)22-10-8-18-17-12-27-11-9-19(17)25(2)23-18/h3-7H,8-13H2,1-2H3,(H,22,26). The lowest BCUT2D eigenvalue weighted by Crippen LogP contribution is -2.27. The second-order valence-electron chi connectivity index (χ2n) is 6.97. The number of para-hydroxylation sites is 1. The minimum absolute atomic E-state index is 0.215. The molecule has 0 saturated heterocycles. The van der Waals surface area contributed by atoms with Crippen LogP contribution in [0.25, 0.3) is 0 Å². The molecule has 0 fully saturated rings. The summed E-state index contributed by atoms with van der Waals surface area (Å²) in [5, 5.41) is 11.4. The molecule has 3 heterocycles. The molecule has 8 nitrogen and oxygen atoms in total. The van der Waals surface area contributed by atoms with Gasteiger partial charge in [0.25, 0.3) is 5.91 Å². The van der Waals surface area contributed by atoms with Gasteiger partial charge in [0.2, 0.25) is 0 Å². The minimum Gasteiger partial charge on any atom is -0.489 e. The van der Waals surface area contributed by atoms with E-state index in [4.69, 9.17) is 14.0 Å². The first-order valence-electron chi connectivity index (χ1n) is 9.66. The van der Waals surface area contributed by atoms with E-state index in [0.29, 0.717) is 30.9 Å². The quantitative estimate of drug-likeness (QED) is 0.659. The van der Waals surface area contributed by atoms with Crippen LogP contribution in [0.1, 0.15) is 38.8 Å². The third-order valence-corrected chi connectivity index (χ3v) is 5.06. The SMILES string of the molecule is Cc1onc(C(=O)NCCc2nn(C)c3c2COCC3)c1COc1ccccc1. The van der Waals surface area contributed by atoms with E-state index in [9.17, 15) is 4.79 Å². The lowest BCUT2D eigenvalue weighted by atomic mass is 10.1. The summed E-state index contributed by atoms with van der Waals surface area (Å²) in [5.74, 6) is 1.01. The van der Waals surface area contributed by atoms with Crippen molar-refractivity contribution in [2.24, 2.45) is 7.05 Å². The summed E-state index contributed by atoms with van der Waals surface area (Å²) in [6.45, 7) is 3.74. The van der Waals surface area contributed by atoms with E-state index in [-0.39, 0.29) is 18.2 Å². The summed E-state index contributed by atoms with van der Waals surface area (Å²) < 4.78 is 18.4. The molecule has 1 aliphatic heterocycles. The Hall–Kier alpha value is -3.13. The number of fused-ring (bicyclic) bond motifs is 1. The number of aryl methyl sites for hydroxylation is 2. The fraction of sp³-hybridized carbons (Fsp3) is 0.381. The van der Waals surface area contributed by atoms with E-state index < -0.39 is 0 Å². The van der Waals surface area contributed by atoms with E-state index >= 15 is 0 Å². The Morgan fingerprint density at radius 2 is 2.14 bits per heavy atom. The highest BCUT2D eigenvalue weighted by atomic mass is 16.5. The first-order valence-corrected chi connectivity index (χ1v) is 9.66. The molecule has 29 heavy (non-hydrogen) atoms. The molecule has 4 rings (SSSR count). The van der Waals surface area contributed by atoms with Crippen LogP contribution in [0, 0.1) is 6.92 Å². The monoisotopic (exact) mass is 396 g/mol.